The number of amides is 2. The van der Waals surface area contributed by atoms with E-state index in [4.69, 9.17) is 0 Å². The lowest BCUT2D eigenvalue weighted by Gasteiger charge is -2.22. The molecule has 0 radical (unpaired) electrons. The summed E-state index contributed by atoms with van der Waals surface area (Å²) in [5, 5.41) is 5.49. The third-order valence-corrected chi connectivity index (χ3v) is 6.98. The van der Waals surface area contributed by atoms with Gasteiger partial charge in [0.1, 0.15) is 17.2 Å². The second-order valence-electron chi connectivity index (χ2n) is 10.2. The van der Waals surface area contributed by atoms with Crippen LogP contribution in [0.15, 0.2) is 24.4 Å². The highest BCUT2D eigenvalue weighted by atomic mass is 127. The van der Waals surface area contributed by atoms with Crippen LogP contribution in [-0.2, 0) is 21.5 Å². The van der Waals surface area contributed by atoms with Crippen molar-refractivity contribution in [3.63, 3.8) is 0 Å². The maximum atomic E-state index is 14.8. The lowest BCUT2D eigenvalue weighted by atomic mass is 9.95. The van der Waals surface area contributed by atoms with E-state index in [0.717, 1.165) is 40.9 Å². The Kier molecular flexibility index (Phi) is 9.08. The topological polar surface area (TPSA) is 88.9 Å². The lowest BCUT2D eigenvalue weighted by molar-refractivity contribution is -0.119. The fourth-order valence-corrected chi connectivity index (χ4v) is 5.22. The van der Waals surface area contributed by atoms with E-state index in [1.807, 2.05) is 13.0 Å². The summed E-state index contributed by atoms with van der Waals surface area (Å²) >= 11 is 0. The lowest BCUT2D eigenvalue weighted by Crippen LogP contribution is -2.34. The van der Waals surface area contributed by atoms with Crippen LogP contribution in [0, 0.1) is 12.7 Å². The van der Waals surface area contributed by atoms with Crippen LogP contribution >= 0.6 is 24.0 Å². The first-order valence-corrected chi connectivity index (χ1v) is 12.4. The Morgan fingerprint density at radius 1 is 1.22 bits per heavy atom. The number of nitrogens with one attached hydrogen (secondary N) is 2. The van der Waals surface area contributed by atoms with E-state index in [2.05, 4.69) is 39.0 Å². The molecular weight excluding hydrogens is 572 g/mol. The van der Waals surface area contributed by atoms with Crippen molar-refractivity contribution in [1.29, 1.82) is 0 Å². The maximum absolute atomic E-state index is 14.8. The first-order chi connectivity index (χ1) is 16.7. The standard InChI is InChI=1S/C19H19FN4O.C8H15NO.HI.2H2/c1-11-9-21-16(22-10-25)8-13(11)12-6-14(20)18-15(7-12)24-17(23-18)4-5-19(24,2)3;1-7(10)9-8-5-3-2-4-6-8;;;/h6-10H,4-5H2,1-3H3,(H,21,22,25);8H,2-6H2,1H3,(H,9,10);3*1H. The van der Waals surface area contributed by atoms with Gasteiger partial charge < -0.3 is 15.2 Å². The van der Waals surface area contributed by atoms with Crippen molar-refractivity contribution in [2.24, 2.45) is 0 Å². The highest BCUT2D eigenvalue weighted by Crippen LogP contribution is 2.38. The number of aryl methyl sites for hydroxylation is 2. The molecular formula is C27H39FIN5O2. The number of benzene rings is 1. The van der Waals surface area contributed by atoms with Crippen LogP contribution in [0.5, 0.6) is 0 Å². The van der Waals surface area contributed by atoms with Crippen molar-refractivity contribution in [1.82, 2.24) is 19.9 Å². The Morgan fingerprint density at radius 3 is 2.61 bits per heavy atom. The average Bonchev–Trinajstić information content (AvgIpc) is 3.34. The minimum absolute atomic E-state index is 0. The number of aromatic nitrogens is 3. The van der Waals surface area contributed by atoms with E-state index in [1.165, 1.54) is 38.2 Å². The van der Waals surface area contributed by atoms with E-state index in [9.17, 15) is 14.0 Å². The third kappa shape index (κ3) is 6.04. The number of nitrogens with zero attached hydrogens (tertiary/aromatic N) is 3. The SMILES string of the molecule is CC(=O)NC1CCCCC1.Cc1cnc(NC=O)cc1-c1cc(F)c2nc3n(c2c1)C(C)(C)CC3.I.[HH].[HH]. The van der Waals surface area contributed by atoms with Gasteiger partial charge in [-0.05, 0) is 74.9 Å². The van der Waals surface area contributed by atoms with E-state index in [0.29, 0.717) is 23.8 Å². The van der Waals surface area contributed by atoms with Crippen molar-refractivity contribution < 1.29 is 16.8 Å². The molecule has 1 aliphatic carbocycles. The molecule has 0 saturated heterocycles. The van der Waals surface area contributed by atoms with Gasteiger partial charge in [0.2, 0.25) is 12.3 Å². The molecule has 0 unspecified atom stereocenters. The summed E-state index contributed by atoms with van der Waals surface area (Å²) < 4.78 is 16.9. The average molecular weight is 612 g/mol. The minimum Gasteiger partial charge on any atom is -0.354 e. The number of fused-ring (bicyclic) bond motifs is 3. The molecule has 0 spiro atoms. The molecule has 1 aliphatic heterocycles. The predicted octanol–water partition coefficient (Wildman–Crippen LogP) is 6.36. The zero-order valence-corrected chi connectivity index (χ0v) is 23.7. The summed E-state index contributed by atoms with van der Waals surface area (Å²) in [6.07, 6.45) is 10.4. The quantitative estimate of drug-likeness (QED) is 0.266. The molecule has 2 N–H and O–H groups in total. The fraction of sp³-hybridized carbons (Fsp3) is 0.481. The molecule has 7 nitrogen and oxygen atoms in total. The van der Waals surface area contributed by atoms with E-state index < -0.39 is 0 Å². The molecule has 0 atom stereocenters. The summed E-state index contributed by atoms with van der Waals surface area (Å²) in [6.45, 7) is 7.81. The molecule has 2 aromatic heterocycles. The smallest absolute Gasteiger partial charge is 0.217 e. The van der Waals surface area contributed by atoms with Crippen molar-refractivity contribution in [3.8, 4) is 11.1 Å². The van der Waals surface area contributed by atoms with Gasteiger partial charge in [-0.3, -0.25) is 9.59 Å². The fourth-order valence-electron chi connectivity index (χ4n) is 5.22. The highest BCUT2D eigenvalue weighted by Gasteiger charge is 2.33. The van der Waals surface area contributed by atoms with Crippen LogP contribution in [-0.4, -0.2) is 32.9 Å². The molecule has 1 saturated carbocycles. The number of anilines is 1. The van der Waals surface area contributed by atoms with Crippen LogP contribution < -0.4 is 10.6 Å². The van der Waals surface area contributed by atoms with E-state index in [1.54, 1.807) is 19.2 Å². The Labute approximate surface area is 231 Å². The summed E-state index contributed by atoms with van der Waals surface area (Å²) in [6, 6.07) is 5.72. The predicted molar refractivity (Wildman–Crippen MR) is 155 cm³/mol. The van der Waals surface area contributed by atoms with Gasteiger partial charge in [0.25, 0.3) is 0 Å². The largest absolute Gasteiger partial charge is 0.354 e. The van der Waals surface area contributed by atoms with Crippen LogP contribution in [0.1, 0.15) is 73.5 Å². The molecule has 2 amide bonds. The van der Waals surface area contributed by atoms with Crippen LogP contribution in [0.25, 0.3) is 22.2 Å². The number of halogens is 2. The molecule has 1 aromatic carbocycles. The first kappa shape index (κ1) is 28.0. The Morgan fingerprint density at radius 2 is 1.94 bits per heavy atom. The van der Waals surface area contributed by atoms with Gasteiger partial charge in [-0.1, -0.05) is 19.3 Å². The molecule has 3 heterocycles. The van der Waals surface area contributed by atoms with Crippen molar-refractivity contribution in [2.45, 2.75) is 84.2 Å². The Bertz CT molecular complexity index is 1260. The number of rotatable bonds is 4. The second-order valence-corrected chi connectivity index (χ2v) is 10.2. The van der Waals surface area contributed by atoms with E-state index in [-0.39, 0.29) is 44.1 Å². The van der Waals surface area contributed by atoms with E-state index >= 15 is 0 Å². The number of hydrogen-bond acceptors (Lipinski definition) is 4. The number of imidazole rings is 1. The van der Waals surface area contributed by atoms with Gasteiger partial charge in [-0.2, -0.15) is 0 Å². The maximum Gasteiger partial charge on any atom is 0.217 e. The number of pyridine rings is 1. The molecule has 36 heavy (non-hydrogen) atoms. The second kappa shape index (κ2) is 11.7. The monoisotopic (exact) mass is 611 g/mol. The van der Waals surface area contributed by atoms with Crippen LogP contribution in [0.3, 0.4) is 0 Å². The van der Waals surface area contributed by atoms with Gasteiger partial charge >= 0.3 is 0 Å². The molecule has 2 aliphatic rings. The van der Waals surface area contributed by atoms with Gasteiger partial charge in [0.05, 0.1) is 5.52 Å². The minimum atomic E-state index is -0.327. The Hall–Kier alpha value is -2.56. The molecule has 0 bridgehead atoms. The third-order valence-electron chi connectivity index (χ3n) is 6.98. The van der Waals surface area contributed by atoms with Gasteiger partial charge in [0, 0.05) is 34.0 Å². The molecule has 9 heteroatoms. The molecule has 5 rings (SSSR count). The number of carbonyl (C=O) groups excluding carboxylic acids is 2. The molecule has 1 fully saturated rings. The summed E-state index contributed by atoms with van der Waals surface area (Å²) in [5.74, 6) is 1.17. The van der Waals surface area contributed by atoms with Gasteiger partial charge in [-0.15, -0.1) is 24.0 Å². The van der Waals surface area contributed by atoms with Crippen molar-refractivity contribution >= 4 is 53.1 Å². The summed E-state index contributed by atoms with van der Waals surface area (Å²) in [7, 11) is 0. The highest BCUT2D eigenvalue weighted by molar-refractivity contribution is 14.0. The van der Waals surface area contributed by atoms with Crippen molar-refractivity contribution in [2.75, 3.05) is 5.32 Å². The zero-order chi connectivity index (χ0) is 25.2. The molecule has 198 valence electrons. The van der Waals surface area contributed by atoms with Gasteiger partial charge in [0.15, 0.2) is 5.82 Å². The summed E-state index contributed by atoms with van der Waals surface area (Å²) in [5.41, 5.74) is 3.66. The summed E-state index contributed by atoms with van der Waals surface area (Å²) in [4.78, 5) is 29.9. The Balaban J connectivity index is 0.000000477. The normalized spacial score (nSPS) is 16.4. The number of carbonyl (C=O) groups is 2. The first-order valence-electron chi connectivity index (χ1n) is 12.4. The van der Waals surface area contributed by atoms with Crippen molar-refractivity contribution in [3.05, 3.63) is 41.6 Å². The van der Waals surface area contributed by atoms with Crippen LogP contribution in [0.4, 0.5) is 10.2 Å². The van der Waals surface area contributed by atoms with Gasteiger partial charge in [-0.25, -0.2) is 14.4 Å². The molecule has 3 aromatic rings. The van der Waals surface area contributed by atoms with Crippen LogP contribution in [0.2, 0.25) is 0 Å². The number of hydrogen-bond donors (Lipinski definition) is 2. The zero-order valence-electron chi connectivity index (χ0n) is 21.4.